The van der Waals surface area contributed by atoms with Crippen LogP contribution in [0.5, 0.6) is 5.75 Å². The van der Waals surface area contributed by atoms with Crippen LogP contribution < -0.4 is 10.1 Å². The van der Waals surface area contributed by atoms with E-state index >= 15 is 0 Å². The van der Waals surface area contributed by atoms with Crippen LogP contribution in [0, 0.1) is 11.8 Å². The molecule has 1 N–H and O–H groups in total. The van der Waals surface area contributed by atoms with Gasteiger partial charge in [0.05, 0.1) is 12.0 Å². The molecule has 0 bridgehead atoms. The molecule has 1 aromatic rings. The Bertz CT molecular complexity index is 682. The number of hydrogen-bond donors (Lipinski definition) is 1. The Kier molecular flexibility index (Phi) is 6.68. The van der Waals surface area contributed by atoms with E-state index in [0.717, 1.165) is 42.8 Å². The number of carbonyl (C=O) groups excluding carboxylic acids is 1. The second-order valence-electron chi connectivity index (χ2n) is 7.08. The second kappa shape index (κ2) is 9.19. The first-order chi connectivity index (χ1) is 12.6. The van der Waals surface area contributed by atoms with Crippen LogP contribution in [0.15, 0.2) is 34.5 Å². The Hall–Kier alpha value is -1.86. The first-order valence-electron chi connectivity index (χ1n) is 9.08. The molecule has 2 aliphatic rings. The Morgan fingerprint density at radius 1 is 1.31 bits per heavy atom. The third kappa shape index (κ3) is 5.57. The summed E-state index contributed by atoms with van der Waals surface area (Å²) >= 11 is 1.36. The number of amidine groups is 1. The Morgan fingerprint density at radius 3 is 2.81 bits per heavy atom. The van der Waals surface area contributed by atoms with Gasteiger partial charge in [-0.3, -0.25) is 9.69 Å². The fraction of sp³-hybridized carbons (Fsp3) is 0.526. The second-order valence-corrected chi connectivity index (χ2v) is 8.04. The van der Waals surface area contributed by atoms with Crippen LogP contribution in [0.1, 0.15) is 25.8 Å². The molecule has 2 atom stereocenters. The van der Waals surface area contributed by atoms with Gasteiger partial charge in [-0.15, -0.1) is 5.10 Å². The minimum Gasteiger partial charge on any atom is -0.492 e. The number of nitrogens with one attached hydrogen (secondary N) is 1. The van der Waals surface area contributed by atoms with E-state index in [1.165, 1.54) is 18.2 Å². The van der Waals surface area contributed by atoms with Crippen molar-refractivity contribution in [2.24, 2.45) is 22.0 Å². The maximum Gasteiger partial charge on any atom is 0.236 e. The normalized spacial score (nSPS) is 25.8. The molecule has 7 heteroatoms. The molecule has 3 rings (SSSR count). The number of rotatable bonds is 6. The van der Waals surface area contributed by atoms with Gasteiger partial charge in [-0.05, 0) is 30.4 Å². The highest BCUT2D eigenvalue weighted by atomic mass is 32.2. The van der Waals surface area contributed by atoms with Crippen LogP contribution >= 0.6 is 11.8 Å². The maximum atomic E-state index is 11.1. The van der Waals surface area contributed by atoms with Gasteiger partial charge in [-0.2, -0.15) is 5.10 Å². The quantitative estimate of drug-likeness (QED) is 0.614. The van der Waals surface area contributed by atoms with E-state index in [0.29, 0.717) is 17.5 Å². The Balaban J connectivity index is 1.53. The molecule has 140 valence electrons. The minimum atomic E-state index is -0.0333. The number of thioether (sulfide) groups is 1. The molecular weight excluding hydrogens is 348 g/mol. The smallest absolute Gasteiger partial charge is 0.236 e. The highest BCUT2D eigenvalue weighted by molar-refractivity contribution is 8.15. The SMILES string of the molecule is CC1CC(C)CN(CCOc2ccccc2C=NN=C2NC(=O)CS2)C1. The average molecular weight is 375 g/mol. The molecule has 1 amide bonds. The van der Waals surface area contributed by atoms with Gasteiger partial charge in [-0.1, -0.05) is 37.7 Å². The van der Waals surface area contributed by atoms with Crippen LogP contribution in [0.2, 0.25) is 0 Å². The predicted molar refractivity (Wildman–Crippen MR) is 107 cm³/mol. The summed E-state index contributed by atoms with van der Waals surface area (Å²) in [6.07, 6.45) is 2.98. The zero-order valence-electron chi connectivity index (χ0n) is 15.4. The summed E-state index contributed by atoms with van der Waals surface area (Å²) < 4.78 is 5.99. The van der Waals surface area contributed by atoms with Crippen LogP contribution in [0.25, 0.3) is 0 Å². The zero-order valence-corrected chi connectivity index (χ0v) is 16.2. The third-order valence-electron chi connectivity index (χ3n) is 4.46. The molecule has 0 saturated carbocycles. The lowest BCUT2D eigenvalue weighted by Crippen LogP contribution is -2.40. The number of para-hydroxylation sites is 1. The molecule has 6 nitrogen and oxygen atoms in total. The number of ether oxygens (including phenoxy) is 1. The van der Waals surface area contributed by atoms with Gasteiger partial charge in [0, 0.05) is 25.2 Å². The van der Waals surface area contributed by atoms with Gasteiger partial charge >= 0.3 is 0 Å². The van der Waals surface area contributed by atoms with Gasteiger partial charge in [0.25, 0.3) is 0 Å². The van der Waals surface area contributed by atoms with Crippen molar-refractivity contribution in [3.05, 3.63) is 29.8 Å². The van der Waals surface area contributed by atoms with Crippen molar-refractivity contribution in [1.29, 1.82) is 0 Å². The summed E-state index contributed by atoms with van der Waals surface area (Å²) in [4.78, 5) is 13.6. The first kappa shape index (κ1) is 18.9. The van der Waals surface area contributed by atoms with Crippen LogP contribution in [0.3, 0.4) is 0 Å². The third-order valence-corrected chi connectivity index (χ3v) is 5.32. The van der Waals surface area contributed by atoms with Crippen molar-refractivity contribution in [3.63, 3.8) is 0 Å². The number of amides is 1. The zero-order chi connectivity index (χ0) is 18.4. The Labute approximate surface area is 159 Å². The molecule has 2 fully saturated rings. The first-order valence-corrected chi connectivity index (χ1v) is 10.1. The van der Waals surface area contributed by atoms with Crippen molar-refractivity contribution in [2.75, 3.05) is 32.0 Å². The van der Waals surface area contributed by atoms with E-state index in [4.69, 9.17) is 4.74 Å². The van der Waals surface area contributed by atoms with E-state index in [1.54, 1.807) is 6.21 Å². The molecule has 0 aromatic heterocycles. The number of nitrogens with zero attached hydrogens (tertiary/aromatic N) is 3. The molecule has 2 heterocycles. The van der Waals surface area contributed by atoms with E-state index in [1.807, 2.05) is 24.3 Å². The van der Waals surface area contributed by atoms with E-state index < -0.39 is 0 Å². The van der Waals surface area contributed by atoms with Gasteiger partial charge in [0.1, 0.15) is 12.4 Å². The maximum absolute atomic E-state index is 11.1. The van der Waals surface area contributed by atoms with E-state index in [2.05, 4.69) is 34.3 Å². The number of likely N-dealkylation sites (tertiary alicyclic amines) is 1. The molecule has 1 aromatic carbocycles. The summed E-state index contributed by atoms with van der Waals surface area (Å²) in [5.74, 6) is 2.69. The van der Waals surface area contributed by atoms with Crippen LogP contribution in [-0.2, 0) is 4.79 Å². The van der Waals surface area contributed by atoms with Gasteiger partial charge < -0.3 is 10.1 Å². The largest absolute Gasteiger partial charge is 0.492 e. The average Bonchev–Trinajstić information content (AvgIpc) is 3.01. The number of hydrogen-bond acceptors (Lipinski definition) is 6. The lowest BCUT2D eigenvalue weighted by atomic mass is 9.92. The number of piperidine rings is 1. The monoisotopic (exact) mass is 374 g/mol. The van der Waals surface area contributed by atoms with Crippen LogP contribution in [0.4, 0.5) is 0 Å². The lowest BCUT2D eigenvalue weighted by molar-refractivity contribution is -0.116. The minimum absolute atomic E-state index is 0.0333. The summed E-state index contributed by atoms with van der Waals surface area (Å²) in [7, 11) is 0. The summed E-state index contributed by atoms with van der Waals surface area (Å²) in [6, 6.07) is 7.80. The fourth-order valence-electron chi connectivity index (χ4n) is 3.50. The summed E-state index contributed by atoms with van der Waals surface area (Å²) in [5.41, 5.74) is 0.881. The molecule has 0 radical (unpaired) electrons. The van der Waals surface area contributed by atoms with Crippen molar-refractivity contribution < 1.29 is 9.53 Å². The van der Waals surface area contributed by atoms with Crippen molar-refractivity contribution in [2.45, 2.75) is 20.3 Å². The highest BCUT2D eigenvalue weighted by Gasteiger charge is 2.21. The predicted octanol–water partition coefficient (Wildman–Crippen LogP) is 2.60. The number of benzene rings is 1. The fourth-order valence-corrected chi connectivity index (χ4v) is 4.13. The van der Waals surface area contributed by atoms with Crippen molar-refractivity contribution in [1.82, 2.24) is 10.2 Å². The molecular formula is C19H26N4O2S. The molecule has 0 aliphatic carbocycles. The van der Waals surface area contributed by atoms with Crippen molar-refractivity contribution >= 4 is 29.1 Å². The van der Waals surface area contributed by atoms with Gasteiger partial charge in [-0.25, -0.2) is 0 Å². The Morgan fingerprint density at radius 2 is 2.08 bits per heavy atom. The van der Waals surface area contributed by atoms with E-state index in [9.17, 15) is 4.79 Å². The molecule has 2 saturated heterocycles. The summed E-state index contributed by atoms with van der Waals surface area (Å²) in [5, 5.41) is 11.3. The van der Waals surface area contributed by atoms with E-state index in [-0.39, 0.29) is 5.91 Å². The topological polar surface area (TPSA) is 66.3 Å². The molecule has 0 spiro atoms. The van der Waals surface area contributed by atoms with Gasteiger partial charge in [0.2, 0.25) is 5.91 Å². The molecule has 2 unspecified atom stereocenters. The van der Waals surface area contributed by atoms with Gasteiger partial charge in [0.15, 0.2) is 5.17 Å². The molecule has 26 heavy (non-hydrogen) atoms. The molecule has 2 aliphatic heterocycles. The lowest BCUT2D eigenvalue weighted by Gasteiger charge is -2.34. The standard InChI is InChI=1S/C19H26N4O2S/c1-14-9-15(2)12-23(11-14)7-8-25-17-6-4-3-5-16(17)10-20-22-19-21-18(24)13-26-19/h3-6,10,14-15H,7-9,11-13H2,1-2H3,(H,21,22,24). The van der Waals surface area contributed by atoms with Crippen LogP contribution in [-0.4, -0.2) is 54.2 Å². The highest BCUT2D eigenvalue weighted by Crippen LogP contribution is 2.21. The van der Waals surface area contributed by atoms with Crippen molar-refractivity contribution in [3.8, 4) is 5.75 Å². The summed E-state index contributed by atoms with van der Waals surface area (Å²) in [6.45, 7) is 8.54. The number of carbonyl (C=O) groups is 1.